The van der Waals surface area contributed by atoms with E-state index in [0.717, 1.165) is 36.9 Å². The Kier molecular flexibility index (Phi) is 6.56. The molecule has 1 aliphatic rings. The lowest BCUT2D eigenvalue weighted by Crippen LogP contribution is -2.39. The summed E-state index contributed by atoms with van der Waals surface area (Å²) in [6, 6.07) is 1.79. The van der Waals surface area contributed by atoms with Gasteiger partial charge in [-0.05, 0) is 24.8 Å². The molecule has 1 aliphatic heterocycles. The standard InChI is InChI=1S/C21H24ClFN6O/c1-2-6-30-13-29-5-3-4-14(12-29)8-24-21-18(23)11-27-20(28-21)17-10-26-19-16(17)7-15(22)9-25-19/h2,7,9-11,14H,1,3-6,8,12-13H2,(H,25,26)(H,24,27,28). The topological polar surface area (TPSA) is 79.0 Å². The summed E-state index contributed by atoms with van der Waals surface area (Å²) in [5.74, 6) is 0.526. The fourth-order valence-corrected chi connectivity index (χ4v) is 3.88. The van der Waals surface area contributed by atoms with Crippen molar-refractivity contribution in [3.63, 3.8) is 0 Å². The average Bonchev–Trinajstić information content (AvgIpc) is 3.17. The van der Waals surface area contributed by atoms with Crippen LogP contribution in [0.2, 0.25) is 5.02 Å². The van der Waals surface area contributed by atoms with E-state index in [2.05, 4.69) is 36.7 Å². The van der Waals surface area contributed by atoms with Crippen molar-refractivity contribution < 1.29 is 9.13 Å². The third-order valence-corrected chi connectivity index (χ3v) is 5.36. The van der Waals surface area contributed by atoms with Gasteiger partial charge in [0.2, 0.25) is 0 Å². The number of hydrogen-bond donors (Lipinski definition) is 2. The monoisotopic (exact) mass is 430 g/mol. The molecule has 1 unspecified atom stereocenters. The smallest absolute Gasteiger partial charge is 0.183 e. The first-order chi connectivity index (χ1) is 14.6. The van der Waals surface area contributed by atoms with Crippen molar-refractivity contribution in [1.29, 1.82) is 0 Å². The van der Waals surface area contributed by atoms with Gasteiger partial charge in [0.05, 0.1) is 24.6 Å². The van der Waals surface area contributed by atoms with Crippen molar-refractivity contribution in [2.24, 2.45) is 5.92 Å². The van der Waals surface area contributed by atoms with Crippen molar-refractivity contribution in [3.8, 4) is 11.4 Å². The molecule has 9 heteroatoms. The first-order valence-corrected chi connectivity index (χ1v) is 10.3. The second-order valence-corrected chi connectivity index (χ2v) is 7.83. The predicted octanol–water partition coefficient (Wildman–Crippen LogP) is 4.10. The Morgan fingerprint density at radius 1 is 1.40 bits per heavy atom. The summed E-state index contributed by atoms with van der Waals surface area (Å²) in [7, 11) is 0. The van der Waals surface area contributed by atoms with E-state index in [1.165, 1.54) is 6.20 Å². The van der Waals surface area contributed by atoms with E-state index in [0.29, 0.717) is 42.3 Å². The van der Waals surface area contributed by atoms with Crippen LogP contribution in [0.25, 0.3) is 22.4 Å². The number of nitrogens with zero attached hydrogens (tertiary/aromatic N) is 4. The highest BCUT2D eigenvalue weighted by Crippen LogP contribution is 2.28. The minimum absolute atomic E-state index is 0.198. The highest BCUT2D eigenvalue weighted by atomic mass is 35.5. The van der Waals surface area contributed by atoms with E-state index >= 15 is 0 Å². The van der Waals surface area contributed by atoms with E-state index in [1.807, 2.05) is 0 Å². The van der Waals surface area contributed by atoms with Gasteiger partial charge in [-0.15, -0.1) is 6.58 Å². The molecule has 1 saturated heterocycles. The van der Waals surface area contributed by atoms with Crippen LogP contribution >= 0.6 is 11.6 Å². The maximum absolute atomic E-state index is 14.4. The Morgan fingerprint density at radius 3 is 3.17 bits per heavy atom. The first-order valence-electron chi connectivity index (χ1n) is 9.94. The number of fused-ring (bicyclic) bond motifs is 1. The van der Waals surface area contributed by atoms with E-state index in [1.54, 1.807) is 24.5 Å². The van der Waals surface area contributed by atoms with Crippen LogP contribution in [-0.4, -0.2) is 57.8 Å². The molecule has 1 fully saturated rings. The number of likely N-dealkylation sites (tertiary alicyclic amines) is 1. The zero-order valence-electron chi connectivity index (χ0n) is 16.6. The van der Waals surface area contributed by atoms with E-state index < -0.39 is 5.82 Å². The van der Waals surface area contributed by atoms with Crippen molar-refractivity contribution in [2.75, 3.05) is 38.3 Å². The number of rotatable bonds is 8. The van der Waals surface area contributed by atoms with Crippen LogP contribution in [0.1, 0.15) is 12.8 Å². The molecule has 4 heterocycles. The zero-order valence-corrected chi connectivity index (χ0v) is 17.3. The third-order valence-electron chi connectivity index (χ3n) is 5.15. The van der Waals surface area contributed by atoms with Gasteiger partial charge in [0.25, 0.3) is 0 Å². The Bertz CT molecular complexity index is 1030. The maximum Gasteiger partial charge on any atom is 0.183 e. The number of H-pyrrole nitrogens is 1. The second-order valence-electron chi connectivity index (χ2n) is 7.40. The van der Waals surface area contributed by atoms with Crippen molar-refractivity contribution in [2.45, 2.75) is 12.8 Å². The molecule has 158 valence electrons. The van der Waals surface area contributed by atoms with Crippen LogP contribution in [0.3, 0.4) is 0 Å². The molecule has 4 rings (SSSR count). The van der Waals surface area contributed by atoms with Crippen LogP contribution in [0.15, 0.2) is 37.3 Å². The highest BCUT2D eigenvalue weighted by molar-refractivity contribution is 6.31. The number of anilines is 1. The zero-order chi connectivity index (χ0) is 20.9. The minimum atomic E-state index is -0.475. The van der Waals surface area contributed by atoms with Gasteiger partial charge >= 0.3 is 0 Å². The van der Waals surface area contributed by atoms with Crippen LogP contribution in [0, 0.1) is 11.7 Å². The number of nitrogens with one attached hydrogen (secondary N) is 2. The number of halogens is 2. The van der Waals surface area contributed by atoms with Gasteiger partial charge in [-0.3, -0.25) is 4.90 Å². The molecule has 1 atom stereocenters. The van der Waals surface area contributed by atoms with Crippen molar-refractivity contribution in [1.82, 2.24) is 24.8 Å². The molecule has 0 aromatic carbocycles. The SMILES string of the molecule is C=CCOCN1CCCC(CNc2nc(-c3c[nH]c4ncc(Cl)cc34)ncc2F)C1. The van der Waals surface area contributed by atoms with Gasteiger partial charge in [0.1, 0.15) is 5.65 Å². The minimum Gasteiger partial charge on any atom is -0.367 e. The number of aromatic amines is 1. The summed E-state index contributed by atoms with van der Waals surface area (Å²) in [6.07, 6.45) is 8.43. The Hall–Kier alpha value is -2.55. The Balaban J connectivity index is 1.45. The lowest BCUT2D eigenvalue weighted by Gasteiger charge is -2.32. The molecule has 0 radical (unpaired) electrons. The molecule has 0 aliphatic carbocycles. The summed E-state index contributed by atoms with van der Waals surface area (Å²) in [4.78, 5) is 18.2. The molecule has 30 heavy (non-hydrogen) atoms. The van der Waals surface area contributed by atoms with Crippen LogP contribution < -0.4 is 5.32 Å². The summed E-state index contributed by atoms with van der Waals surface area (Å²) < 4.78 is 19.9. The van der Waals surface area contributed by atoms with E-state index in [4.69, 9.17) is 16.3 Å². The van der Waals surface area contributed by atoms with Crippen molar-refractivity contribution in [3.05, 3.63) is 48.2 Å². The molecule has 3 aromatic heterocycles. The van der Waals surface area contributed by atoms with Gasteiger partial charge in [-0.25, -0.2) is 19.3 Å². The van der Waals surface area contributed by atoms with Gasteiger partial charge in [0, 0.05) is 43.0 Å². The summed E-state index contributed by atoms with van der Waals surface area (Å²) in [5.41, 5.74) is 1.41. The van der Waals surface area contributed by atoms with Gasteiger partial charge in [-0.2, -0.15) is 0 Å². The summed E-state index contributed by atoms with van der Waals surface area (Å²) >= 11 is 6.07. The molecule has 0 bridgehead atoms. The largest absolute Gasteiger partial charge is 0.367 e. The number of hydrogen-bond acceptors (Lipinski definition) is 6. The summed E-state index contributed by atoms with van der Waals surface area (Å²) in [5, 5.41) is 4.48. The fraction of sp³-hybridized carbons (Fsp3) is 0.381. The molecule has 0 amide bonds. The van der Waals surface area contributed by atoms with E-state index in [-0.39, 0.29) is 5.82 Å². The number of ether oxygens (including phenoxy) is 1. The number of piperidine rings is 1. The predicted molar refractivity (Wildman–Crippen MR) is 116 cm³/mol. The van der Waals surface area contributed by atoms with Crippen LogP contribution in [-0.2, 0) is 4.74 Å². The highest BCUT2D eigenvalue weighted by Gasteiger charge is 2.21. The number of aromatic nitrogens is 4. The Morgan fingerprint density at radius 2 is 2.30 bits per heavy atom. The summed E-state index contributed by atoms with van der Waals surface area (Å²) in [6.45, 7) is 7.34. The lowest BCUT2D eigenvalue weighted by atomic mass is 9.98. The molecule has 0 spiro atoms. The molecular formula is C21H24ClFN6O. The quantitative estimate of drug-likeness (QED) is 0.414. The molecule has 0 saturated carbocycles. The average molecular weight is 431 g/mol. The van der Waals surface area contributed by atoms with Crippen LogP contribution in [0.5, 0.6) is 0 Å². The van der Waals surface area contributed by atoms with Gasteiger partial charge < -0.3 is 15.0 Å². The first kappa shape index (κ1) is 20.7. The molecule has 2 N–H and O–H groups in total. The van der Waals surface area contributed by atoms with Crippen LogP contribution in [0.4, 0.5) is 10.2 Å². The molecule has 3 aromatic rings. The molecular weight excluding hydrogens is 407 g/mol. The second kappa shape index (κ2) is 9.51. The lowest BCUT2D eigenvalue weighted by molar-refractivity contribution is 0.0204. The molecule has 7 nitrogen and oxygen atoms in total. The fourth-order valence-electron chi connectivity index (χ4n) is 3.73. The number of pyridine rings is 1. The Labute approximate surface area is 179 Å². The normalized spacial score (nSPS) is 17.3. The van der Waals surface area contributed by atoms with Gasteiger partial charge in [0.15, 0.2) is 17.5 Å². The van der Waals surface area contributed by atoms with Crippen molar-refractivity contribution >= 4 is 28.5 Å². The van der Waals surface area contributed by atoms with E-state index in [9.17, 15) is 4.39 Å². The third kappa shape index (κ3) is 4.77. The maximum atomic E-state index is 14.4. The van der Waals surface area contributed by atoms with Gasteiger partial charge in [-0.1, -0.05) is 17.7 Å².